The van der Waals surface area contributed by atoms with Gasteiger partial charge in [0.25, 0.3) is 0 Å². The number of hydrogen-bond acceptors (Lipinski definition) is 6. The molecule has 2 aliphatic rings. The zero-order chi connectivity index (χ0) is 16.2. The second-order valence-electron chi connectivity index (χ2n) is 6.65. The Morgan fingerprint density at radius 2 is 2.08 bits per heavy atom. The third-order valence-electron chi connectivity index (χ3n) is 4.85. The van der Waals surface area contributed by atoms with Crippen molar-refractivity contribution in [3.8, 4) is 0 Å². The molecule has 0 amide bonds. The fourth-order valence-corrected chi connectivity index (χ4v) is 3.77. The quantitative estimate of drug-likeness (QED) is 0.857. The SMILES string of the molecule is c1ccc(CN2CCOC3(CCCN(c4cnccn4)C3)C2)nc1. The van der Waals surface area contributed by atoms with Crippen molar-refractivity contribution < 1.29 is 4.74 Å². The lowest BCUT2D eigenvalue weighted by molar-refractivity contribution is -0.116. The number of ether oxygens (including phenoxy) is 1. The van der Waals surface area contributed by atoms with Gasteiger partial charge in [0.15, 0.2) is 0 Å². The first-order chi connectivity index (χ1) is 11.8. The molecule has 0 aromatic carbocycles. The molecule has 6 heteroatoms. The zero-order valence-corrected chi connectivity index (χ0v) is 13.8. The van der Waals surface area contributed by atoms with Gasteiger partial charge < -0.3 is 9.64 Å². The summed E-state index contributed by atoms with van der Waals surface area (Å²) in [6.07, 6.45) is 9.40. The predicted octanol–water partition coefficient (Wildman–Crippen LogP) is 1.74. The molecular formula is C18H23N5O. The van der Waals surface area contributed by atoms with Gasteiger partial charge >= 0.3 is 0 Å². The molecule has 2 aliphatic heterocycles. The third-order valence-corrected chi connectivity index (χ3v) is 4.85. The largest absolute Gasteiger partial charge is 0.370 e. The van der Waals surface area contributed by atoms with E-state index in [0.29, 0.717) is 0 Å². The molecule has 24 heavy (non-hydrogen) atoms. The lowest BCUT2D eigenvalue weighted by atomic mass is 9.90. The summed E-state index contributed by atoms with van der Waals surface area (Å²) in [5.74, 6) is 0.946. The van der Waals surface area contributed by atoms with Crippen LogP contribution in [0.4, 0.5) is 5.82 Å². The molecule has 4 rings (SSSR count). The van der Waals surface area contributed by atoms with E-state index >= 15 is 0 Å². The smallest absolute Gasteiger partial charge is 0.147 e. The summed E-state index contributed by atoms with van der Waals surface area (Å²) in [6, 6.07) is 6.11. The average Bonchev–Trinajstić information content (AvgIpc) is 2.63. The third kappa shape index (κ3) is 3.39. The van der Waals surface area contributed by atoms with Crippen LogP contribution in [0, 0.1) is 0 Å². The van der Waals surface area contributed by atoms with Gasteiger partial charge in [0.1, 0.15) is 5.82 Å². The molecule has 2 aromatic rings. The van der Waals surface area contributed by atoms with Gasteiger partial charge in [-0.2, -0.15) is 0 Å². The van der Waals surface area contributed by atoms with Crippen molar-refractivity contribution in [3.63, 3.8) is 0 Å². The zero-order valence-electron chi connectivity index (χ0n) is 13.8. The Kier molecular flexibility index (Phi) is 4.40. The summed E-state index contributed by atoms with van der Waals surface area (Å²) in [5.41, 5.74) is 1.01. The van der Waals surface area contributed by atoms with E-state index in [9.17, 15) is 0 Å². The van der Waals surface area contributed by atoms with Crippen LogP contribution in [-0.2, 0) is 11.3 Å². The summed E-state index contributed by atoms with van der Waals surface area (Å²) >= 11 is 0. The van der Waals surface area contributed by atoms with E-state index in [0.717, 1.165) is 63.7 Å². The number of anilines is 1. The van der Waals surface area contributed by atoms with Crippen LogP contribution in [0.3, 0.4) is 0 Å². The molecule has 0 N–H and O–H groups in total. The Labute approximate surface area is 142 Å². The lowest BCUT2D eigenvalue weighted by Crippen LogP contribution is -2.59. The predicted molar refractivity (Wildman–Crippen MR) is 91.7 cm³/mol. The van der Waals surface area contributed by atoms with E-state index in [-0.39, 0.29) is 5.60 Å². The summed E-state index contributed by atoms with van der Waals surface area (Å²) in [4.78, 5) is 17.9. The number of aromatic nitrogens is 3. The standard InChI is InChI=1S/C18H23N5O/c1-2-6-20-16(4-1)13-22-10-11-24-18(14-22)5-3-9-23(15-18)17-12-19-7-8-21-17/h1-2,4,6-8,12H,3,5,9-11,13-15H2. The maximum Gasteiger partial charge on any atom is 0.147 e. The first-order valence-corrected chi connectivity index (χ1v) is 8.60. The highest BCUT2D eigenvalue weighted by atomic mass is 16.5. The summed E-state index contributed by atoms with van der Waals surface area (Å²) in [6.45, 7) is 5.47. The maximum absolute atomic E-state index is 6.27. The van der Waals surface area contributed by atoms with E-state index in [2.05, 4.69) is 36.9 Å². The van der Waals surface area contributed by atoms with Gasteiger partial charge in [0.05, 0.1) is 24.1 Å². The molecule has 6 nitrogen and oxygen atoms in total. The fourth-order valence-electron chi connectivity index (χ4n) is 3.77. The van der Waals surface area contributed by atoms with Gasteiger partial charge in [0.2, 0.25) is 0 Å². The van der Waals surface area contributed by atoms with Gasteiger partial charge in [-0.1, -0.05) is 6.07 Å². The van der Waals surface area contributed by atoms with Crippen LogP contribution in [0.5, 0.6) is 0 Å². The second-order valence-corrected chi connectivity index (χ2v) is 6.65. The van der Waals surface area contributed by atoms with E-state index in [1.807, 2.05) is 18.5 Å². The molecule has 0 bridgehead atoms. The first kappa shape index (κ1) is 15.5. The van der Waals surface area contributed by atoms with Crippen molar-refractivity contribution in [2.45, 2.75) is 25.0 Å². The average molecular weight is 325 g/mol. The molecule has 2 saturated heterocycles. The number of piperidine rings is 1. The second kappa shape index (κ2) is 6.83. The lowest BCUT2D eigenvalue weighted by Gasteiger charge is -2.48. The van der Waals surface area contributed by atoms with E-state index in [1.54, 1.807) is 12.4 Å². The topological polar surface area (TPSA) is 54.4 Å². The molecule has 1 spiro atoms. The van der Waals surface area contributed by atoms with Gasteiger partial charge in [0, 0.05) is 51.3 Å². The van der Waals surface area contributed by atoms with Crippen LogP contribution in [0.25, 0.3) is 0 Å². The van der Waals surface area contributed by atoms with Gasteiger partial charge in [-0.3, -0.25) is 14.9 Å². The van der Waals surface area contributed by atoms with Crippen LogP contribution >= 0.6 is 0 Å². The van der Waals surface area contributed by atoms with Gasteiger partial charge in [-0.05, 0) is 25.0 Å². The van der Waals surface area contributed by atoms with Crippen molar-refractivity contribution in [3.05, 3.63) is 48.7 Å². The van der Waals surface area contributed by atoms with E-state index in [4.69, 9.17) is 4.74 Å². The highest BCUT2D eigenvalue weighted by Gasteiger charge is 2.40. The van der Waals surface area contributed by atoms with E-state index in [1.165, 1.54) is 0 Å². The highest BCUT2D eigenvalue weighted by Crippen LogP contribution is 2.31. The van der Waals surface area contributed by atoms with Crippen molar-refractivity contribution in [1.29, 1.82) is 0 Å². The van der Waals surface area contributed by atoms with Crippen LogP contribution in [0.15, 0.2) is 43.0 Å². The molecule has 0 aliphatic carbocycles. The van der Waals surface area contributed by atoms with Gasteiger partial charge in [-0.25, -0.2) is 4.98 Å². The Morgan fingerprint density at radius 3 is 2.92 bits per heavy atom. The van der Waals surface area contributed by atoms with Crippen LogP contribution in [0.1, 0.15) is 18.5 Å². The minimum atomic E-state index is -0.108. The summed E-state index contributed by atoms with van der Waals surface area (Å²) in [5, 5.41) is 0. The van der Waals surface area contributed by atoms with E-state index < -0.39 is 0 Å². The monoisotopic (exact) mass is 325 g/mol. The summed E-state index contributed by atoms with van der Waals surface area (Å²) in [7, 11) is 0. The van der Waals surface area contributed by atoms with Crippen LogP contribution in [-0.4, -0.2) is 58.2 Å². The molecule has 1 unspecified atom stereocenters. The fraction of sp³-hybridized carbons (Fsp3) is 0.500. The minimum absolute atomic E-state index is 0.108. The summed E-state index contributed by atoms with van der Waals surface area (Å²) < 4.78 is 6.27. The first-order valence-electron chi connectivity index (χ1n) is 8.60. The Bertz CT molecular complexity index is 649. The van der Waals surface area contributed by atoms with Crippen molar-refractivity contribution in [2.24, 2.45) is 0 Å². The Hall–Kier alpha value is -2.05. The molecule has 0 radical (unpaired) electrons. The maximum atomic E-state index is 6.27. The number of rotatable bonds is 3. The van der Waals surface area contributed by atoms with Crippen LogP contribution in [0.2, 0.25) is 0 Å². The number of nitrogens with zero attached hydrogens (tertiary/aromatic N) is 5. The number of morpholine rings is 1. The molecular weight excluding hydrogens is 302 g/mol. The Morgan fingerprint density at radius 1 is 1.08 bits per heavy atom. The van der Waals surface area contributed by atoms with Crippen molar-refractivity contribution in [1.82, 2.24) is 19.9 Å². The molecule has 1 atom stereocenters. The highest BCUT2D eigenvalue weighted by molar-refractivity contribution is 5.36. The molecule has 2 aromatic heterocycles. The molecule has 126 valence electrons. The minimum Gasteiger partial charge on any atom is -0.370 e. The molecule has 2 fully saturated rings. The van der Waals surface area contributed by atoms with Crippen molar-refractivity contribution >= 4 is 5.82 Å². The van der Waals surface area contributed by atoms with Gasteiger partial charge in [-0.15, -0.1) is 0 Å². The van der Waals surface area contributed by atoms with Crippen LogP contribution < -0.4 is 4.90 Å². The van der Waals surface area contributed by atoms with Crippen molar-refractivity contribution in [2.75, 3.05) is 37.7 Å². The normalized spacial score (nSPS) is 25.1. The molecule has 4 heterocycles. The molecule has 0 saturated carbocycles. The number of hydrogen-bond donors (Lipinski definition) is 0. The number of pyridine rings is 1. The Balaban J connectivity index is 1.45.